The Morgan fingerprint density at radius 2 is 2.18 bits per heavy atom. The van der Waals surface area contributed by atoms with Gasteiger partial charge in [0.25, 0.3) is 0 Å². The van der Waals surface area contributed by atoms with Crippen molar-refractivity contribution in [1.82, 2.24) is 0 Å². The van der Waals surface area contributed by atoms with E-state index in [0.717, 1.165) is 17.0 Å². The van der Waals surface area contributed by atoms with E-state index < -0.39 is 0 Å². The minimum atomic E-state index is 0.128. The Morgan fingerprint density at radius 1 is 1.53 bits per heavy atom. The van der Waals surface area contributed by atoms with Crippen molar-refractivity contribution in [3.63, 3.8) is 0 Å². The number of rotatable bonds is 5. The van der Waals surface area contributed by atoms with E-state index in [-0.39, 0.29) is 5.84 Å². The summed E-state index contributed by atoms with van der Waals surface area (Å²) in [5, 5.41) is 7.63. The highest BCUT2D eigenvalue weighted by atomic mass is 32.2. The van der Waals surface area contributed by atoms with Crippen LogP contribution < -0.4 is 10.6 Å². The second-order valence-electron chi connectivity index (χ2n) is 4.35. The van der Waals surface area contributed by atoms with Crippen LogP contribution in [0, 0.1) is 12.3 Å². The molecular weight excluding hydrogens is 230 g/mol. The zero-order valence-electron chi connectivity index (χ0n) is 10.9. The average molecular weight is 251 g/mol. The lowest BCUT2D eigenvalue weighted by atomic mass is 10.1. The zero-order chi connectivity index (χ0) is 13.0. The highest BCUT2D eigenvalue weighted by Gasteiger charge is 2.14. The lowest BCUT2D eigenvalue weighted by Gasteiger charge is -2.28. The molecule has 1 aromatic carbocycles. The maximum absolute atomic E-state index is 7.63. The van der Waals surface area contributed by atoms with Crippen LogP contribution in [-0.2, 0) is 0 Å². The van der Waals surface area contributed by atoms with Crippen molar-refractivity contribution < 1.29 is 0 Å². The molecule has 0 spiro atoms. The Hall–Kier alpha value is -1.16. The van der Waals surface area contributed by atoms with Crippen LogP contribution in [0.4, 0.5) is 5.69 Å². The van der Waals surface area contributed by atoms with Gasteiger partial charge >= 0.3 is 0 Å². The standard InChI is InChI=1S/C13H21N3S/c1-9-5-6-11(13(14)15)12(7-9)16(3)10(2)8-17-4/h5-7,10H,8H2,1-4H3,(H3,14,15). The number of hydrogen-bond acceptors (Lipinski definition) is 3. The topological polar surface area (TPSA) is 53.1 Å². The van der Waals surface area contributed by atoms with Gasteiger partial charge in [-0.15, -0.1) is 0 Å². The van der Waals surface area contributed by atoms with Crippen LogP contribution in [0.1, 0.15) is 18.1 Å². The predicted molar refractivity (Wildman–Crippen MR) is 78.4 cm³/mol. The van der Waals surface area contributed by atoms with Crippen LogP contribution >= 0.6 is 11.8 Å². The van der Waals surface area contributed by atoms with Gasteiger partial charge in [0.05, 0.1) is 0 Å². The average Bonchev–Trinajstić information content (AvgIpc) is 2.27. The normalized spacial score (nSPS) is 12.2. The van der Waals surface area contributed by atoms with E-state index in [0.29, 0.717) is 6.04 Å². The van der Waals surface area contributed by atoms with Gasteiger partial charge in [-0.25, -0.2) is 0 Å². The first-order chi connectivity index (χ1) is 7.97. The molecule has 0 aromatic heterocycles. The maximum atomic E-state index is 7.63. The number of hydrogen-bond donors (Lipinski definition) is 2. The molecule has 94 valence electrons. The maximum Gasteiger partial charge on any atom is 0.124 e. The number of nitrogens with zero attached hydrogens (tertiary/aromatic N) is 1. The van der Waals surface area contributed by atoms with Gasteiger partial charge in [-0.1, -0.05) is 6.07 Å². The van der Waals surface area contributed by atoms with Gasteiger partial charge in [0, 0.05) is 30.1 Å². The molecule has 0 fully saturated rings. The fourth-order valence-electron chi connectivity index (χ4n) is 1.75. The molecule has 0 aliphatic heterocycles. The van der Waals surface area contributed by atoms with Crippen molar-refractivity contribution in [2.24, 2.45) is 5.73 Å². The van der Waals surface area contributed by atoms with Gasteiger partial charge < -0.3 is 10.6 Å². The summed E-state index contributed by atoms with van der Waals surface area (Å²) in [6.45, 7) is 4.24. The number of nitrogens with two attached hydrogens (primary N) is 1. The molecule has 1 aromatic rings. The number of anilines is 1. The van der Waals surface area contributed by atoms with E-state index in [4.69, 9.17) is 11.1 Å². The van der Waals surface area contributed by atoms with Gasteiger partial charge in [-0.05, 0) is 37.8 Å². The number of nitrogens with one attached hydrogen (secondary N) is 1. The van der Waals surface area contributed by atoms with Gasteiger partial charge in [0.2, 0.25) is 0 Å². The monoisotopic (exact) mass is 251 g/mol. The second kappa shape index (κ2) is 5.96. The van der Waals surface area contributed by atoms with Crippen molar-refractivity contribution in [2.45, 2.75) is 19.9 Å². The SMILES string of the molecule is CSCC(C)N(C)c1cc(C)ccc1C(=N)N. The molecule has 3 nitrogen and oxygen atoms in total. The first-order valence-corrected chi connectivity index (χ1v) is 7.03. The predicted octanol–water partition coefficient (Wildman–Crippen LogP) is 2.47. The molecule has 1 atom stereocenters. The first-order valence-electron chi connectivity index (χ1n) is 5.64. The Kier molecular flexibility index (Phi) is 4.87. The van der Waals surface area contributed by atoms with Crippen LogP contribution in [0.3, 0.4) is 0 Å². The van der Waals surface area contributed by atoms with Crippen LogP contribution in [0.15, 0.2) is 18.2 Å². The van der Waals surface area contributed by atoms with Crippen molar-refractivity contribution >= 4 is 23.3 Å². The number of amidine groups is 1. The van der Waals surface area contributed by atoms with Gasteiger partial charge in [0.15, 0.2) is 0 Å². The third-order valence-corrected chi connectivity index (χ3v) is 3.71. The van der Waals surface area contributed by atoms with Gasteiger partial charge in [-0.2, -0.15) is 11.8 Å². The highest BCUT2D eigenvalue weighted by Crippen LogP contribution is 2.23. The van der Waals surface area contributed by atoms with Gasteiger partial charge in [-0.3, -0.25) is 5.41 Å². The van der Waals surface area contributed by atoms with Crippen molar-refractivity contribution in [2.75, 3.05) is 24.0 Å². The van der Waals surface area contributed by atoms with E-state index in [9.17, 15) is 0 Å². The summed E-state index contributed by atoms with van der Waals surface area (Å²) in [4.78, 5) is 2.19. The summed E-state index contributed by atoms with van der Waals surface area (Å²) in [6, 6.07) is 6.43. The van der Waals surface area contributed by atoms with Crippen molar-refractivity contribution in [1.29, 1.82) is 5.41 Å². The van der Waals surface area contributed by atoms with E-state index >= 15 is 0 Å². The third-order valence-electron chi connectivity index (χ3n) is 2.89. The summed E-state index contributed by atoms with van der Waals surface area (Å²) in [5.41, 5.74) is 8.67. The zero-order valence-corrected chi connectivity index (χ0v) is 11.8. The van der Waals surface area contributed by atoms with Gasteiger partial charge in [0.1, 0.15) is 5.84 Å². The van der Waals surface area contributed by atoms with E-state index in [2.05, 4.69) is 38.1 Å². The van der Waals surface area contributed by atoms with Crippen molar-refractivity contribution in [3.05, 3.63) is 29.3 Å². The summed E-state index contributed by atoms with van der Waals surface area (Å²) < 4.78 is 0. The Bertz CT molecular complexity index is 404. The van der Waals surface area contributed by atoms with Crippen molar-refractivity contribution in [3.8, 4) is 0 Å². The second-order valence-corrected chi connectivity index (χ2v) is 5.26. The summed E-state index contributed by atoms with van der Waals surface area (Å²) >= 11 is 1.82. The molecule has 1 rings (SSSR count). The quantitative estimate of drug-likeness (QED) is 0.624. The van der Waals surface area contributed by atoms with E-state index in [1.807, 2.05) is 23.9 Å². The van der Waals surface area contributed by atoms with Crippen LogP contribution in [-0.4, -0.2) is 30.9 Å². The molecule has 0 heterocycles. The van der Waals surface area contributed by atoms with Crippen LogP contribution in [0.5, 0.6) is 0 Å². The minimum Gasteiger partial charge on any atom is -0.384 e. The summed E-state index contributed by atoms with van der Waals surface area (Å²) in [5.74, 6) is 1.19. The first kappa shape index (κ1) is 13.9. The smallest absolute Gasteiger partial charge is 0.124 e. The molecule has 0 bridgehead atoms. The van der Waals surface area contributed by atoms with E-state index in [1.54, 1.807) is 0 Å². The lowest BCUT2D eigenvalue weighted by Crippen LogP contribution is -2.32. The number of benzene rings is 1. The molecular formula is C13H21N3S. The summed E-state index contributed by atoms with van der Waals surface area (Å²) in [7, 11) is 2.06. The fraction of sp³-hybridized carbons (Fsp3) is 0.462. The lowest BCUT2D eigenvalue weighted by molar-refractivity contribution is 0.764. The molecule has 0 saturated carbocycles. The fourth-order valence-corrected chi connectivity index (χ4v) is 2.46. The summed E-state index contributed by atoms with van der Waals surface area (Å²) in [6.07, 6.45) is 2.10. The molecule has 3 N–H and O–H groups in total. The minimum absolute atomic E-state index is 0.128. The Balaban J connectivity index is 3.10. The molecule has 0 aliphatic carbocycles. The number of nitrogen functional groups attached to an aromatic ring is 1. The molecule has 0 radical (unpaired) electrons. The molecule has 4 heteroatoms. The molecule has 0 saturated heterocycles. The van der Waals surface area contributed by atoms with E-state index in [1.165, 1.54) is 5.56 Å². The molecule has 0 amide bonds. The highest BCUT2D eigenvalue weighted by molar-refractivity contribution is 7.98. The van der Waals surface area contributed by atoms with Crippen LogP contribution in [0.2, 0.25) is 0 Å². The molecule has 1 unspecified atom stereocenters. The Labute approximate surface area is 108 Å². The number of thioether (sulfide) groups is 1. The molecule has 17 heavy (non-hydrogen) atoms. The third kappa shape index (κ3) is 3.40. The number of aryl methyl sites for hydroxylation is 1. The molecule has 0 aliphatic rings. The Morgan fingerprint density at radius 3 is 2.71 bits per heavy atom. The van der Waals surface area contributed by atoms with Crippen LogP contribution in [0.25, 0.3) is 0 Å². The largest absolute Gasteiger partial charge is 0.384 e.